The van der Waals surface area contributed by atoms with Gasteiger partial charge >= 0.3 is 5.97 Å². The third-order valence-corrected chi connectivity index (χ3v) is 2.09. The molecule has 0 aliphatic rings. The number of H-pyrrole nitrogens is 1. The minimum absolute atomic E-state index is 0.362. The van der Waals surface area contributed by atoms with Crippen molar-refractivity contribution in [1.29, 1.82) is 0 Å². The van der Waals surface area contributed by atoms with E-state index in [0.717, 1.165) is 10.9 Å². The third kappa shape index (κ3) is 1.79. The van der Waals surface area contributed by atoms with Crippen LogP contribution in [0.3, 0.4) is 0 Å². The lowest BCUT2D eigenvalue weighted by Crippen LogP contribution is -2.02. The molecule has 0 bridgehead atoms. The fraction of sp³-hybridized carbons (Fsp3) is 0.182. The van der Waals surface area contributed by atoms with Crippen LogP contribution in [0.1, 0.15) is 6.92 Å². The first-order valence-corrected chi connectivity index (χ1v) is 4.54. The van der Waals surface area contributed by atoms with Crippen LogP contribution in [0.2, 0.25) is 0 Å². The van der Waals surface area contributed by atoms with Crippen molar-refractivity contribution in [3.8, 4) is 11.5 Å². The van der Waals surface area contributed by atoms with Gasteiger partial charge in [-0.3, -0.25) is 4.79 Å². The normalized spacial score (nSPS) is 10.3. The van der Waals surface area contributed by atoms with Gasteiger partial charge in [0, 0.05) is 30.1 Å². The summed E-state index contributed by atoms with van der Waals surface area (Å²) in [6, 6.07) is 5.50. The number of aromatic nitrogens is 1. The van der Waals surface area contributed by atoms with Crippen molar-refractivity contribution in [2.24, 2.45) is 0 Å². The predicted molar refractivity (Wildman–Crippen MR) is 56.2 cm³/mol. The van der Waals surface area contributed by atoms with Crippen LogP contribution in [-0.4, -0.2) is 18.1 Å². The molecule has 0 fully saturated rings. The van der Waals surface area contributed by atoms with Gasteiger partial charge in [0.1, 0.15) is 0 Å². The molecule has 0 saturated heterocycles. The first-order chi connectivity index (χ1) is 7.20. The highest BCUT2D eigenvalue weighted by molar-refractivity contribution is 5.84. The van der Waals surface area contributed by atoms with Crippen LogP contribution in [0.15, 0.2) is 24.4 Å². The average molecular weight is 205 g/mol. The van der Waals surface area contributed by atoms with E-state index in [1.807, 2.05) is 18.3 Å². The molecule has 0 saturated carbocycles. The molecule has 1 N–H and O–H groups in total. The highest BCUT2D eigenvalue weighted by atomic mass is 16.6. The van der Waals surface area contributed by atoms with Crippen molar-refractivity contribution >= 4 is 16.9 Å². The van der Waals surface area contributed by atoms with Crippen LogP contribution >= 0.6 is 0 Å². The van der Waals surface area contributed by atoms with Crippen LogP contribution < -0.4 is 9.47 Å². The molecule has 78 valence electrons. The molecule has 0 atom stereocenters. The van der Waals surface area contributed by atoms with Crippen LogP contribution in [0.4, 0.5) is 0 Å². The summed E-state index contributed by atoms with van der Waals surface area (Å²) in [5.74, 6) is 0.622. The standard InChI is InChI=1S/C11H11NO3/c1-7(13)15-11-6-9-8(3-4-12-9)5-10(11)14-2/h3-6,12H,1-2H3. The Morgan fingerprint density at radius 3 is 2.80 bits per heavy atom. The summed E-state index contributed by atoms with van der Waals surface area (Å²) in [6.45, 7) is 1.36. The maximum atomic E-state index is 10.9. The second kappa shape index (κ2) is 3.65. The lowest BCUT2D eigenvalue weighted by molar-refractivity contribution is -0.131. The largest absolute Gasteiger partial charge is 0.493 e. The number of hydrogen-bond acceptors (Lipinski definition) is 3. The second-order valence-electron chi connectivity index (χ2n) is 3.16. The topological polar surface area (TPSA) is 51.3 Å². The minimum atomic E-state index is -0.362. The molecule has 0 aliphatic carbocycles. The highest BCUT2D eigenvalue weighted by Crippen LogP contribution is 2.31. The number of carbonyl (C=O) groups excluding carboxylic acids is 1. The summed E-state index contributed by atoms with van der Waals surface area (Å²) in [5.41, 5.74) is 0.909. The van der Waals surface area contributed by atoms with Gasteiger partial charge in [0.05, 0.1) is 7.11 Å². The lowest BCUT2D eigenvalue weighted by Gasteiger charge is -2.07. The van der Waals surface area contributed by atoms with E-state index < -0.39 is 0 Å². The van der Waals surface area contributed by atoms with Gasteiger partial charge < -0.3 is 14.5 Å². The summed E-state index contributed by atoms with van der Waals surface area (Å²) in [6.07, 6.45) is 1.82. The summed E-state index contributed by atoms with van der Waals surface area (Å²) in [4.78, 5) is 13.9. The third-order valence-electron chi connectivity index (χ3n) is 2.09. The molecule has 2 aromatic rings. The molecular weight excluding hydrogens is 194 g/mol. The van der Waals surface area contributed by atoms with E-state index in [1.54, 1.807) is 13.2 Å². The molecule has 4 heteroatoms. The van der Waals surface area contributed by atoms with Crippen LogP contribution in [0.25, 0.3) is 10.9 Å². The maximum absolute atomic E-state index is 10.9. The highest BCUT2D eigenvalue weighted by Gasteiger charge is 2.09. The van der Waals surface area contributed by atoms with Gasteiger partial charge in [-0.25, -0.2) is 0 Å². The Bertz CT molecular complexity index is 502. The number of nitrogens with one attached hydrogen (secondary N) is 1. The first-order valence-electron chi connectivity index (χ1n) is 4.54. The van der Waals surface area contributed by atoms with Crippen LogP contribution in [0, 0.1) is 0 Å². The van der Waals surface area contributed by atoms with Crippen molar-refractivity contribution in [2.45, 2.75) is 6.92 Å². The van der Waals surface area contributed by atoms with Gasteiger partial charge in [-0.05, 0) is 12.1 Å². The Morgan fingerprint density at radius 1 is 1.33 bits per heavy atom. The SMILES string of the molecule is COc1cc2cc[nH]c2cc1OC(C)=O. The Labute approximate surface area is 86.8 Å². The van der Waals surface area contributed by atoms with Crippen molar-refractivity contribution in [2.75, 3.05) is 7.11 Å². The number of ether oxygens (including phenoxy) is 2. The number of carbonyl (C=O) groups is 1. The van der Waals surface area contributed by atoms with E-state index >= 15 is 0 Å². The number of methoxy groups -OCH3 is 1. The molecule has 1 aromatic carbocycles. The van der Waals surface area contributed by atoms with Gasteiger partial charge in [0.25, 0.3) is 0 Å². The van der Waals surface area contributed by atoms with Gasteiger partial charge in [0.2, 0.25) is 0 Å². The molecular formula is C11H11NO3. The number of aromatic amines is 1. The molecule has 0 unspecified atom stereocenters. The van der Waals surface area contributed by atoms with Gasteiger partial charge in [0.15, 0.2) is 11.5 Å². The fourth-order valence-electron chi connectivity index (χ4n) is 1.45. The minimum Gasteiger partial charge on any atom is -0.493 e. The van der Waals surface area contributed by atoms with Crippen molar-refractivity contribution < 1.29 is 14.3 Å². The van der Waals surface area contributed by atoms with E-state index in [4.69, 9.17) is 9.47 Å². The molecule has 2 rings (SSSR count). The summed E-state index contributed by atoms with van der Waals surface area (Å²) < 4.78 is 10.2. The van der Waals surface area contributed by atoms with Gasteiger partial charge in [-0.15, -0.1) is 0 Å². The zero-order valence-corrected chi connectivity index (χ0v) is 8.53. The molecule has 4 nitrogen and oxygen atoms in total. The number of rotatable bonds is 2. The van der Waals surface area contributed by atoms with E-state index in [1.165, 1.54) is 6.92 Å². The zero-order chi connectivity index (χ0) is 10.8. The fourth-order valence-corrected chi connectivity index (χ4v) is 1.45. The maximum Gasteiger partial charge on any atom is 0.308 e. The van der Waals surface area contributed by atoms with Gasteiger partial charge in [-0.2, -0.15) is 0 Å². The Kier molecular flexibility index (Phi) is 2.33. The molecule has 0 radical (unpaired) electrons. The van der Waals surface area contributed by atoms with E-state index in [-0.39, 0.29) is 5.97 Å². The molecule has 1 aromatic heterocycles. The molecule has 0 aliphatic heterocycles. The molecule has 15 heavy (non-hydrogen) atoms. The molecule has 0 amide bonds. The quantitative estimate of drug-likeness (QED) is 0.603. The smallest absolute Gasteiger partial charge is 0.308 e. The van der Waals surface area contributed by atoms with Crippen LogP contribution in [0.5, 0.6) is 11.5 Å². The van der Waals surface area contributed by atoms with Crippen molar-refractivity contribution in [3.63, 3.8) is 0 Å². The Hall–Kier alpha value is -1.97. The number of hydrogen-bond donors (Lipinski definition) is 1. The van der Waals surface area contributed by atoms with Crippen LogP contribution in [-0.2, 0) is 4.79 Å². The summed E-state index contributed by atoms with van der Waals surface area (Å²) >= 11 is 0. The van der Waals surface area contributed by atoms with Gasteiger partial charge in [-0.1, -0.05) is 0 Å². The molecule has 1 heterocycles. The second-order valence-corrected chi connectivity index (χ2v) is 3.16. The molecule has 0 spiro atoms. The number of esters is 1. The average Bonchev–Trinajstić information content (AvgIpc) is 2.62. The van der Waals surface area contributed by atoms with E-state index in [0.29, 0.717) is 11.5 Å². The van der Waals surface area contributed by atoms with E-state index in [9.17, 15) is 4.79 Å². The Morgan fingerprint density at radius 2 is 2.13 bits per heavy atom. The number of benzene rings is 1. The zero-order valence-electron chi connectivity index (χ0n) is 8.53. The lowest BCUT2D eigenvalue weighted by atomic mass is 10.2. The summed E-state index contributed by atoms with van der Waals surface area (Å²) in [7, 11) is 1.54. The summed E-state index contributed by atoms with van der Waals surface area (Å²) in [5, 5.41) is 1.02. The van der Waals surface area contributed by atoms with E-state index in [2.05, 4.69) is 4.98 Å². The van der Waals surface area contributed by atoms with Crippen molar-refractivity contribution in [1.82, 2.24) is 4.98 Å². The predicted octanol–water partition coefficient (Wildman–Crippen LogP) is 2.10. The monoisotopic (exact) mass is 205 g/mol. The Balaban J connectivity index is 2.54. The first kappa shape index (κ1) is 9.58. The van der Waals surface area contributed by atoms with Crippen molar-refractivity contribution in [3.05, 3.63) is 24.4 Å². The number of fused-ring (bicyclic) bond motifs is 1.